The molecule has 1 rings (SSSR count). The second-order valence-electron chi connectivity index (χ2n) is 5.65. The molecule has 0 saturated carbocycles. The average molecular weight is 322 g/mol. The van der Waals surface area contributed by atoms with E-state index >= 15 is 0 Å². The SMILES string of the molecule is COc1ccc(CCNC(=O)C(NC(C)=O)C(C)C)cc1OC. The number of amides is 2. The smallest absolute Gasteiger partial charge is 0.242 e. The van der Waals surface area contributed by atoms with Gasteiger partial charge in [0.15, 0.2) is 11.5 Å². The highest BCUT2D eigenvalue weighted by Crippen LogP contribution is 2.27. The molecule has 0 radical (unpaired) electrons. The molecule has 0 saturated heterocycles. The minimum atomic E-state index is -0.516. The van der Waals surface area contributed by atoms with Gasteiger partial charge in [0.05, 0.1) is 14.2 Å². The van der Waals surface area contributed by atoms with E-state index in [9.17, 15) is 9.59 Å². The average Bonchev–Trinajstić information content (AvgIpc) is 2.51. The van der Waals surface area contributed by atoms with Gasteiger partial charge in [0.25, 0.3) is 0 Å². The lowest BCUT2D eigenvalue weighted by molar-refractivity contribution is -0.129. The molecule has 0 fully saturated rings. The first kappa shape index (κ1) is 18.8. The molecule has 0 aliphatic carbocycles. The van der Waals surface area contributed by atoms with Crippen molar-refractivity contribution >= 4 is 11.8 Å². The second kappa shape index (κ2) is 9.02. The van der Waals surface area contributed by atoms with Gasteiger partial charge in [0, 0.05) is 13.5 Å². The summed E-state index contributed by atoms with van der Waals surface area (Å²) in [5.74, 6) is 0.981. The van der Waals surface area contributed by atoms with Gasteiger partial charge in [0.2, 0.25) is 11.8 Å². The van der Waals surface area contributed by atoms with Crippen molar-refractivity contribution in [1.82, 2.24) is 10.6 Å². The third-order valence-electron chi connectivity index (χ3n) is 3.47. The predicted molar refractivity (Wildman–Crippen MR) is 88.7 cm³/mol. The highest BCUT2D eigenvalue weighted by Gasteiger charge is 2.22. The molecular weight excluding hydrogens is 296 g/mol. The summed E-state index contributed by atoms with van der Waals surface area (Å²) >= 11 is 0. The number of carbonyl (C=O) groups is 2. The first-order valence-electron chi connectivity index (χ1n) is 7.64. The summed E-state index contributed by atoms with van der Waals surface area (Å²) < 4.78 is 10.5. The standard InChI is InChI=1S/C17H26N2O4/c1-11(2)16(19-12(3)20)17(21)18-9-8-13-6-7-14(22-4)15(10-13)23-5/h6-7,10-11,16H,8-9H2,1-5H3,(H,18,21)(H,19,20). The van der Waals surface area contributed by atoms with E-state index in [4.69, 9.17) is 9.47 Å². The lowest BCUT2D eigenvalue weighted by Gasteiger charge is -2.21. The van der Waals surface area contributed by atoms with Crippen LogP contribution in [0.3, 0.4) is 0 Å². The lowest BCUT2D eigenvalue weighted by atomic mass is 10.0. The highest BCUT2D eigenvalue weighted by molar-refractivity contribution is 5.87. The molecule has 1 atom stereocenters. The molecule has 6 heteroatoms. The van der Waals surface area contributed by atoms with E-state index < -0.39 is 6.04 Å². The van der Waals surface area contributed by atoms with Gasteiger partial charge in [-0.25, -0.2) is 0 Å². The van der Waals surface area contributed by atoms with Crippen LogP contribution >= 0.6 is 0 Å². The lowest BCUT2D eigenvalue weighted by Crippen LogP contribution is -2.49. The summed E-state index contributed by atoms with van der Waals surface area (Å²) in [6.45, 7) is 5.69. The van der Waals surface area contributed by atoms with E-state index in [1.807, 2.05) is 32.0 Å². The van der Waals surface area contributed by atoms with Crippen molar-refractivity contribution in [3.63, 3.8) is 0 Å². The Bertz CT molecular complexity index is 543. The Kier molecular flexibility index (Phi) is 7.38. The molecule has 1 unspecified atom stereocenters. The fourth-order valence-electron chi connectivity index (χ4n) is 2.23. The number of benzene rings is 1. The normalized spacial score (nSPS) is 11.7. The molecule has 0 heterocycles. The Labute approximate surface area is 137 Å². The molecule has 1 aromatic rings. The van der Waals surface area contributed by atoms with Gasteiger partial charge in [-0.05, 0) is 30.0 Å². The molecule has 23 heavy (non-hydrogen) atoms. The fourth-order valence-corrected chi connectivity index (χ4v) is 2.23. The van der Waals surface area contributed by atoms with Gasteiger partial charge in [0.1, 0.15) is 6.04 Å². The van der Waals surface area contributed by atoms with Crippen LogP contribution in [0.5, 0.6) is 11.5 Å². The summed E-state index contributed by atoms with van der Waals surface area (Å²) in [6.07, 6.45) is 0.664. The molecule has 0 aliphatic rings. The summed E-state index contributed by atoms with van der Waals surface area (Å²) in [7, 11) is 3.18. The summed E-state index contributed by atoms with van der Waals surface area (Å²) in [5, 5.41) is 5.53. The predicted octanol–water partition coefficient (Wildman–Crippen LogP) is 1.52. The van der Waals surface area contributed by atoms with Crippen molar-refractivity contribution in [2.75, 3.05) is 20.8 Å². The van der Waals surface area contributed by atoms with Gasteiger partial charge < -0.3 is 20.1 Å². The summed E-state index contributed by atoms with van der Waals surface area (Å²) in [4.78, 5) is 23.3. The number of carbonyl (C=O) groups excluding carboxylic acids is 2. The highest BCUT2D eigenvalue weighted by atomic mass is 16.5. The summed E-state index contributed by atoms with van der Waals surface area (Å²) in [5.41, 5.74) is 1.03. The molecule has 2 N–H and O–H groups in total. The molecule has 0 aromatic heterocycles. The van der Waals surface area contributed by atoms with Crippen LogP contribution in [-0.2, 0) is 16.0 Å². The quantitative estimate of drug-likeness (QED) is 0.761. The first-order valence-corrected chi connectivity index (χ1v) is 7.64. The van der Waals surface area contributed by atoms with Crippen molar-refractivity contribution in [1.29, 1.82) is 0 Å². The van der Waals surface area contributed by atoms with Gasteiger partial charge in [-0.3, -0.25) is 9.59 Å². The number of hydrogen-bond donors (Lipinski definition) is 2. The van der Waals surface area contributed by atoms with Gasteiger partial charge in [-0.2, -0.15) is 0 Å². The van der Waals surface area contributed by atoms with Gasteiger partial charge in [-0.15, -0.1) is 0 Å². The molecule has 6 nitrogen and oxygen atoms in total. The maximum atomic E-state index is 12.2. The monoisotopic (exact) mass is 322 g/mol. The van der Waals surface area contributed by atoms with Crippen LogP contribution in [0.25, 0.3) is 0 Å². The molecular formula is C17H26N2O4. The Morgan fingerprint density at radius 3 is 2.30 bits per heavy atom. The van der Waals surface area contributed by atoms with Crippen LogP contribution in [0.2, 0.25) is 0 Å². The number of methoxy groups -OCH3 is 2. The fraction of sp³-hybridized carbons (Fsp3) is 0.529. The zero-order valence-corrected chi connectivity index (χ0v) is 14.4. The van der Waals surface area contributed by atoms with E-state index in [2.05, 4.69) is 10.6 Å². The molecule has 1 aromatic carbocycles. The van der Waals surface area contributed by atoms with E-state index in [0.29, 0.717) is 24.5 Å². The largest absolute Gasteiger partial charge is 0.493 e. The number of hydrogen-bond acceptors (Lipinski definition) is 4. The van der Waals surface area contributed by atoms with Crippen LogP contribution in [-0.4, -0.2) is 38.6 Å². The van der Waals surface area contributed by atoms with Crippen LogP contribution in [0.1, 0.15) is 26.3 Å². The van der Waals surface area contributed by atoms with Crippen molar-refractivity contribution in [2.45, 2.75) is 33.2 Å². The maximum absolute atomic E-state index is 12.2. The topological polar surface area (TPSA) is 76.7 Å². The number of rotatable bonds is 8. The first-order chi connectivity index (χ1) is 10.9. The summed E-state index contributed by atoms with van der Waals surface area (Å²) in [6, 6.07) is 5.14. The van der Waals surface area contributed by atoms with E-state index in [0.717, 1.165) is 5.56 Å². The molecule has 0 bridgehead atoms. The van der Waals surface area contributed by atoms with Crippen molar-refractivity contribution in [2.24, 2.45) is 5.92 Å². The minimum Gasteiger partial charge on any atom is -0.493 e. The van der Waals surface area contributed by atoms with E-state index in [-0.39, 0.29) is 17.7 Å². The third-order valence-corrected chi connectivity index (χ3v) is 3.47. The van der Waals surface area contributed by atoms with Gasteiger partial charge in [-0.1, -0.05) is 19.9 Å². The van der Waals surface area contributed by atoms with E-state index in [1.54, 1.807) is 14.2 Å². The molecule has 128 valence electrons. The number of ether oxygens (including phenoxy) is 2. The van der Waals surface area contributed by atoms with Crippen LogP contribution in [0.15, 0.2) is 18.2 Å². The molecule has 0 aliphatic heterocycles. The zero-order valence-electron chi connectivity index (χ0n) is 14.4. The third kappa shape index (κ3) is 5.81. The Morgan fingerprint density at radius 2 is 1.78 bits per heavy atom. The van der Waals surface area contributed by atoms with Crippen molar-refractivity contribution < 1.29 is 19.1 Å². The molecule has 2 amide bonds. The Balaban J connectivity index is 2.58. The van der Waals surface area contributed by atoms with Gasteiger partial charge >= 0.3 is 0 Å². The second-order valence-corrected chi connectivity index (χ2v) is 5.65. The van der Waals surface area contributed by atoms with Crippen LogP contribution in [0.4, 0.5) is 0 Å². The van der Waals surface area contributed by atoms with Crippen molar-refractivity contribution in [3.05, 3.63) is 23.8 Å². The van der Waals surface area contributed by atoms with Crippen LogP contribution in [0, 0.1) is 5.92 Å². The van der Waals surface area contributed by atoms with Crippen molar-refractivity contribution in [3.8, 4) is 11.5 Å². The Hall–Kier alpha value is -2.24. The maximum Gasteiger partial charge on any atom is 0.242 e. The number of nitrogens with one attached hydrogen (secondary N) is 2. The van der Waals surface area contributed by atoms with Crippen LogP contribution < -0.4 is 20.1 Å². The minimum absolute atomic E-state index is 0.0278. The zero-order chi connectivity index (χ0) is 17.4. The molecule has 0 spiro atoms. The van der Waals surface area contributed by atoms with E-state index in [1.165, 1.54) is 6.92 Å². The Morgan fingerprint density at radius 1 is 1.13 bits per heavy atom.